The summed E-state index contributed by atoms with van der Waals surface area (Å²) < 4.78 is 4.99. The van der Waals surface area contributed by atoms with Crippen LogP contribution in [0.1, 0.15) is 47.3 Å². The lowest BCUT2D eigenvalue weighted by Crippen LogP contribution is -2.30. The number of aryl methyl sites for hydroxylation is 2. The number of rotatable bonds is 6. The summed E-state index contributed by atoms with van der Waals surface area (Å²) in [5.74, 6) is -1.10. The minimum Gasteiger partial charge on any atom is -0.448 e. The van der Waals surface area contributed by atoms with Gasteiger partial charge in [-0.2, -0.15) is 0 Å². The summed E-state index contributed by atoms with van der Waals surface area (Å²) in [7, 11) is 0. The van der Waals surface area contributed by atoms with Crippen molar-refractivity contribution in [2.24, 2.45) is 5.73 Å². The molecule has 1 rings (SSSR count). The lowest BCUT2D eigenvalue weighted by molar-refractivity contribution is -0.125. The van der Waals surface area contributed by atoms with E-state index in [4.69, 9.17) is 10.5 Å². The predicted octanol–water partition coefficient (Wildman–Crippen LogP) is 2.29. The minimum atomic E-state index is -0.890. The number of carbonyl (C=O) groups excluding carboxylic acids is 2. The predicted molar refractivity (Wildman–Crippen MR) is 71.8 cm³/mol. The maximum absolute atomic E-state index is 11.8. The van der Waals surface area contributed by atoms with E-state index >= 15 is 0 Å². The number of amides is 1. The van der Waals surface area contributed by atoms with Crippen LogP contribution in [0.2, 0.25) is 0 Å². The van der Waals surface area contributed by atoms with Gasteiger partial charge in [-0.3, -0.25) is 4.79 Å². The molecular formula is C13H19NO3S. The molecule has 18 heavy (non-hydrogen) atoms. The van der Waals surface area contributed by atoms with Crippen LogP contribution in [0, 0.1) is 0 Å². The SMILES string of the molecule is CCCc1sc(C(=O)OC(C)C(N)=O)cc1CC. The van der Waals surface area contributed by atoms with E-state index in [9.17, 15) is 9.59 Å². The van der Waals surface area contributed by atoms with Crippen LogP contribution in [-0.4, -0.2) is 18.0 Å². The van der Waals surface area contributed by atoms with Gasteiger partial charge in [0.1, 0.15) is 4.88 Å². The number of esters is 1. The Hall–Kier alpha value is -1.36. The molecule has 2 N–H and O–H groups in total. The first-order valence-corrected chi connectivity index (χ1v) is 6.93. The molecule has 0 aliphatic rings. The number of hydrogen-bond acceptors (Lipinski definition) is 4. The second-order valence-corrected chi connectivity index (χ2v) is 5.25. The molecular weight excluding hydrogens is 250 g/mol. The van der Waals surface area contributed by atoms with Crippen molar-refractivity contribution in [1.82, 2.24) is 0 Å². The molecule has 0 saturated heterocycles. The highest BCUT2D eigenvalue weighted by Gasteiger charge is 2.19. The highest BCUT2D eigenvalue weighted by Crippen LogP contribution is 2.25. The van der Waals surface area contributed by atoms with Crippen LogP contribution in [0.4, 0.5) is 0 Å². The van der Waals surface area contributed by atoms with Crippen molar-refractivity contribution in [3.8, 4) is 0 Å². The van der Waals surface area contributed by atoms with Crippen molar-refractivity contribution < 1.29 is 14.3 Å². The van der Waals surface area contributed by atoms with Gasteiger partial charge in [0, 0.05) is 4.88 Å². The van der Waals surface area contributed by atoms with Gasteiger partial charge >= 0.3 is 5.97 Å². The maximum Gasteiger partial charge on any atom is 0.349 e. The van der Waals surface area contributed by atoms with Crippen LogP contribution in [0.3, 0.4) is 0 Å². The zero-order chi connectivity index (χ0) is 13.7. The number of ether oxygens (including phenoxy) is 1. The molecule has 0 aromatic carbocycles. The van der Waals surface area contributed by atoms with E-state index in [2.05, 4.69) is 13.8 Å². The van der Waals surface area contributed by atoms with Gasteiger partial charge in [0.2, 0.25) is 0 Å². The van der Waals surface area contributed by atoms with Gasteiger partial charge in [0.25, 0.3) is 5.91 Å². The molecule has 5 heteroatoms. The van der Waals surface area contributed by atoms with Gasteiger partial charge in [0.15, 0.2) is 6.10 Å². The normalized spacial score (nSPS) is 12.2. The maximum atomic E-state index is 11.8. The van der Waals surface area contributed by atoms with Gasteiger partial charge < -0.3 is 10.5 Å². The summed E-state index contributed by atoms with van der Waals surface area (Å²) in [6, 6.07) is 1.85. The molecule has 1 unspecified atom stereocenters. The Morgan fingerprint density at radius 1 is 1.44 bits per heavy atom. The molecule has 1 amide bonds. The first-order chi connectivity index (χ1) is 8.49. The Kier molecular flexibility index (Phi) is 5.34. The molecule has 100 valence electrons. The smallest absolute Gasteiger partial charge is 0.349 e. The van der Waals surface area contributed by atoms with Crippen LogP contribution in [-0.2, 0) is 22.4 Å². The fraction of sp³-hybridized carbons (Fsp3) is 0.538. The Balaban J connectivity index is 2.83. The zero-order valence-electron chi connectivity index (χ0n) is 11.0. The monoisotopic (exact) mass is 269 g/mol. The van der Waals surface area contributed by atoms with Crippen molar-refractivity contribution in [3.63, 3.8) is 0 Å². The summed E-state index contributed by atoms with van der Waals surface area (Å²) in [6.07, 6.45) is 2.01. The van der Waals surface area contributed by atoms with Gasteiger partial charge in [-0.25, -0.2) is 4.79 Å². The van der Waals surface area contributed by atoms with Crippen molar-refractivity contribution in [2.75, 3.05) is 0 Å². The summed E-state index contributed by atoms with van der Waals surface area (Å²) in [5, 5.41) is 0. The molecule has 0 bridgehead atoms. The molecule has 1 heterocycles. The van der Waals surface area contributed by atoms with Crippen molar-refractivity contribution in [1.29, 1.82) is 0 Å². The van der Waals surface area contributed by atoms with Crippen LogP contribution in [0.5, 0.6) is 0 Å². The molecule has 0 aliphatic carbocycles. The van der Waals surface area contributed by atoms with Crippen molar-refractivity contribution in [3.05, 3.63) is 21.4 Å². The number of nitrogens with two attached hydrogens (primary N) is 1. The van der Waals surface area contributed by atoms with E-state index in [1.54, 1.807) is 0 Å². The summed E-state index contributed by atoms with van der Waals surface area (Å²) in [5.41, 5.74) is 6.24. The fourth-order valence-electron chi connectivity index (χ4n) is 1.58. The Labute approximate surface area is 111 Å². The standard InChI is InChI=1S/C13H19NO3S/c1-4-6-10-9(5-2)7-11(18-10)13(16)17-8(3)12(14)15/h7-8H,4-6H2,1-3H3,(H2,14,15). The highest BCUT2D eigenvalue weighted by atomic mass is 32.1. The molecule has 1 aromatic rings. The lowest BCUT2D eigenvalue weighted by Gasteiger charge is -2.07. The van der Waals surface area contributed by atoms with E-state index in [-0.39, 0.29) is 0 Å². The fourth-order valence-corrected chi connectivity index (χ4v) is 2.82. The third kappa shape index (κ3) is 3.57. The van der Waals surface area contributed by atoms with Gasteiger partial charge in [-0.05, 0) is 31.4 Å². The van der Waals surface area contributed by atoms with Crippen LogP contribution in [0.25, 0.3) is 0 Å². The zero-order valence-corrected chi connectivity index (χ0v) is 11.8. The lowest BCUT2D eigenvalue weighted by atomic mass is 10.1. The third-order valence-corrected chi connectivity index (χ3v) is 3.86. The second-order valence-electron chi connectivity index (χ2n) is 4.11. The van der Waals surface area contributed by atoms with Gasteiger partial charge in [0.05, 0.1) is 0 Å². The Morgan fingerprint density at radius 3 is 2.61 bits per heavy atom. The number of thiophene rings is 1. The highest BCUT2D eigenvalue weighted by molar-refractivity contribution is 7.14. The molecule has 4 nitrogen and oxygen atoms in total. The number of hydrogen-bond donors (Lipinski definition) is 1. The summed E-state index contributed by atoms with van der Waals surface area (Å²) in [4.78, 5) is 24.4. The van der Waals surface area contributed by atoms with E-state index < -0.39 is 18.0 Å². The van der Waals surface area contributed by atoms with E-state index in [1.807, 2.05) is 6.07 Å². The second kappa shape index (κ2) is 6.54. The molecule has 1 aromatic heterocycles. The Bertz CT molecular complexity index is 439. The summed E-state index contributed by atoms with van der Waals surface area (Å²) in [6.45, 7) is 5.64. The molecule has 0 aliphatic heterocycles. The third-order valence-electron chi connectivity index (χ3n) is 2.64. The minimum absolute atomic E-state index is 0.469. The first-order valence-electron chi connectivity index (χ1n) is 6.11. The van der Waals surface area contributed by atoms with Gasteiger partial charge in [-0.15, -0.1) is 11.3 Å². The largest absolute Gasteiger partial charge is 0.448 e. The van der Waals surface area contributed by atoms with E-state index in [1.165, 1.54) is 28.7 Å². The molecule has 1 atom stereocenters. The van der Waals surface area contributed by atoms with Gasteiger partial charge in [-0.1, -0.05) is 20.3 Å². The van der Waals surface area contributed by atoms with E-state index in [0.717, 1.165) is 19.3 Å². The average molecular weight is 269 g/mol. The Morgan fingerprint density at radius 2 is 2.11 bits per heavy atom. The van der Waals surface area contributed by atoms with Crippen molar-refractivity contribution >= 4 is 23.2 Å². The van der Waals surface area contributed by atoms with Crippen molar-refractivity contribution in [2.45, 2.75) is 46.1 Å². The topological polar surface area (TPSA) is 69.4 Å². The average Bonchev–Trinajstić information content (AvgIpc) is 2.72. The number of primary amides is 1. The van der Waals surface area contributed by atoms with E-state index in [0.29, 0.717) is 4.88 Å². The first kappa shape index (κ1) is 14.7. The molecule has 0 radical (unpaired) electrons. The van der Waals surface area contributed by atoms with Crippen LogP contribution in [0.15, 0.2) is 6.07 Å². The molecule has 0 spiro atoms. The number of carbonyl (C=O) groups is 2. The summed E-state index contributed by atoms with van der Waals surface area (Å²) >= 11 is 1.44. The molecule has 0 saturated carbocycles. The van der Waals surface area contributed by atoms with Crippen LogP contribution < -0.4 is 5.73 Å². The molecule has 0 fully saturated rings. The van der Waals surface area contributed by atoms with Crippen LogP contribution >= 0.6 is 11.3 Å². The quantitative estimate of drug-likeness (QED) is 0.806.